The number of aromatic amines is 1. The summed E-state index contributed by atoms with van der Waals surface area (Å²) in [7, 11) is 0. The maximum absolute atomic E-state index is 12.9. The summed E-state index contributed by atoms with van der Waals surface area (Å²) in [5.41, 5.74) is 2.69. The Morgan fingerprint density at radius 1 is 1.35 bits per heavy atom. The van der Waals surface area contributed by atoms with Gasteiger partial charge >= 0.3 is 0 Å². The van der Waals surface area contributed by atoms with Gasteiger partial charge < -0.3 is 15.2 Å². The molecule has 4 heterocycles. The van der Waals surface area contributed by atoms with E-state index in [0.717, 1.165) is 12.1 Å². The molecule has 2 amide bonds. The number of likely N-dealkylation sites (tertiary alicyclic amines) is 1. The van der Waals surface area contributed by atoms with E-state index < -0.39 is 11.9 Å². The maximum Gasteiger partial charge on any atom is 0.255 e. The lowest BCUT2D eigenvalue weighted by Crippen LogP contribution is -2.49. The molecular weight excluding hydrogens is 396 g/mol. The van der Waals surface area contributed by atoms with E-state index in [0.29, 0.717) is 48.4 Å². The van der Waals surface area contributed by atoms with Crippen LogP contribution >= 0.6 is 0 Å². The van der Waals surface area contributed by atoms with Crippen molar-refractivity contribution in [1.29, 1.82) is 5.26 Å². The molecule has 0 bridgehead atoms. The smallest absolute Gasteiger partial charge is 0.255 e. The highest BCUT2D eigenvalue weighted by Crippen LogP contribution is 2.21. The van der Waals surface area contributed by atoms with Gasteiger partial charge in [-0.2, -0.15) is 10.4 Å². The Balaban J connectivity index is 1.49. The number of rotatable bonds is 5. The largest absolute Gasteiger partial charge is 0.344 e. The molecule has 160 valence electrons. The Kier molecular flexibility index (Phi) is 5.66. The highest BCUT2D eigenvalue weighted by molar-refractivity contribution is 6.06. The average Bonchev–Trinajstić information content (AvgIpc) is 3.45. The highest BCUT2D eigenvalue weighted by Gasteiger charge is 2.27. The van der Waals surface area contributed by atoms with Crippen molar-refractivity contribution in [3.63, 3.8) is 0 Å². The summed E-state index contributed by atoms with van der Waals surface area (Å²) in [4.78, 5) is 39.2. The Labute approximate surface area is 179 Å². The summed E-state index contributed by atoms with van der Waals surface area (Å²) in [6.07, 6.45) is 8.10. The Morgan fingerprint density at radius 3 is 2.81 bits per heavy atom. The number of carbonyl (C=O) groups is 2. The number of piperidine rings is 1. The summed E-state index contributed by atoms with van der Waals surface area (Å²) in [5.74, 6) is -0.546. The molecule has 31 heavy (non-hydrogen) atoms. The summed E-state index contributed by atoms with van der Waals surface area (Å²) >= 11 is 0. The first-order valence-corrected chi connectivity index (χ1v) is 10.4. The number of nitriles is 1. The minimum atomic E-state index is -0.685. The van der Waals surface area contributed by atoms with E-state index in [9.17, 15) is 9.59 Å². The number of nitrogens with zero attached hydrogens (tertiary/aromatic N) is 6. The SMILES string of the molecule is CCn1cc(-c2cnc3[nH]cc(C(=O)N[C@H](C)C(=O)N4CCC(C#N)CC4)c3n2)cn1. The van der Waals surface area contributed by atoms with Crippen molar-refractivity contribution in [3.8, 4) is 17.3 Å². The van der Waals surface area contributed by atoms with Crippen LogP contribution in [-0.2, 0) is 11.3 Å². The molecule has 1 saturated heterocycles. The van der Waals surface area contributed by atoms with Gasteiger partial charge in [-0.1, -0.05) is 0 Å². The standard InChI is InChI=1S/C21H24N8O2/c1-3-29-12-15(9-25-29)17-11-24-19-18(27-17)16(10-23-19)20(30)26-13(2)21(31)28-6-4-14(8-22)5-7-28/h9-14H,3-7H2,1-2H3,(H,23,24)(H,26,30)/t13-/m1/s1. The second kappa shape index (κ2) is 8.55. The van der Waals surface area contributed by atoms with Gasteiger partial charge in [-0.05, 0) is 26.7 Å². The molecular formula is C21H24N8O2. The molecule has 3 aromatic heterocycles. The van der Waals surface area contributed by atoms with Crippen molar-refractivity contribution in [2.24, 2.45) is 5.92 Å². The Hall–Kier alpha value is -3.74. The highest BCUT2D eigenvalue weighted by atomic mass is 16.2. The van der Waals surface area contributed by atoms with E-state index in [4.69, 9.17) is 5.26 Å². The minimum absolute atomic E-state index is 0.00243. The molecule has 10 nitrogen and oxygen atoms in total. The molecule has 0 aliphatic carbocycles. The van der Waals surface area contributed by atoms with Crippen LogP contribution in [0.5, 0.6) is 0 Å². The molecule has 1 aliphatic rings. The number of hydrogen-bond donors (Lipinski definition) is 2. The van der Waals surface area contributed by atoms with Gasteiger partial charge in [-0.25, -0.2) is 9.97 Å². The van der Waals surface area contributed by atoms with Crippen LogP contribution in [0.25, 0.3) is 22.4 Å². The first-order chi connectivity index (χ1) is 15.0. The third kappa shape index (κ3) is 4.12. The number of aromatic nitrogens is 5. The second-order valence-corrected chi connectivity index (χ2v) is 7.66. The zero-order valence-corrected chi connectivity index (χ0v) is 17.5. The van der Waals surface area contributed by atoms with Crippen molar-refractivity contribution in [2.75, 3.05) is 13.1 Å². The van der Waals surface area contributed by atoms with E-state index in [1.807, 2.05) is 13.1 Å². The molecule has 4 rings (SSSR count). The number of nitrogens with one attached hydrogen (secondary N) is 2. The normalized spacial score (nSPS) is 15.6. The molecule has 1 aliphatic heterocycles. The average molecular weight is 420 g/mol. The van der Waals surface area contributed by atoms with Crippen LogP contribution in [0.1, 0.15) is 37.0 Å². The molecule has 0 saturated carbocycles. The lowest BCUT2D eigenvalue weighted by molar-refractivity contribution is -0.134. The van der Waals surface area contributed by atoms with Gasteiger partial charge in [-0.15, -0.1) is 0 Å². The fourth-order valence-corrected chi connectivity index (χ4v) is 3.71. The fraction of sp³-hybridized carbons (Fsp3) is 0.429. The molecule has 1 fully saturated rings. The zero-order chi connectivity index (χ0) is 22.0. The topological polar surface area (TPSA) is 133 Å². The van der Waals surface area contributed by atoms with Gasteiger partial charge in [0.1, 0.15) is 11.6 Å². The van der Waals surface area contributed by atoms with Crippen LogP contribution in [-0.4, -0.2) is 60.6 Å². The third-order valence-electron chi connectivity index (χ3n) is 5.59. The van der Waals surface area contributed by atoms with Gasteiger partial charge in [0, 0.05) is 43.5 Å². The first-order valence-electron chi connectivity index (χ1n) is 10.4. The number of aryl methyl sites for hydroxylation is 1. The van der Waals surface area contributed by atoms with E-state index >= 15 is 0 Å². The lowest BCUT2D eigenvalue weighted by Gasteiger charge is -2.31. The minimum Gasteiger partial charge on any atom is -0.344 e. The molecule has 2 N–H and O–H groups in total. The number of hydrogen-bond acceptors (Lipinski definition) is 6. The first kappa shape index (κ1) is 20.5. The molecule has 10 heteroatoms. The zero-order valence-electron chi connectivity index (χ0n) is 17.5. The lowest BCUT2D eigenvalue weighted by atomic mass is 9.98. The number of fused-ring (bicyclic) bond motifs is 1. The molecule has 0 spiro atoms. The summed E-state index contributed by atoms with van der Waals surface area (Å²) in [6.45, 7) is 5.47. The summed E-state index contributed by atoms with van der Waals surface area (Å²) in [6, 6.07) is 1.57. The van der Waals surface area contributed by atoms with E-state index in [-0.39, 0.29) is 11.8 Å². The van der Waals surface area contributed by atoms with E-state index in [2.05, 4.69) is 31.4 Å². The fourth-order valence-electron chi connectivity index (χ4n) is 3.71. The van der Waals surface area contributed by atoms with Gasteiger partial charge in [0.25, 0.3) is 5.91 Å². The quantitative estimate of drug-likeness (QED) is 0.646. The van der Waals surface area contributed by atoms with Crippen LogP contribution in [0.15, 0.2) is 24.8 Å². The van der Waals surface area contributed by atoms with Crippen molar-refractivity contribution in [1.82, 2.24) is 34.9 Å². The van der Waals surface area contributed by atoms with Crippen LogP contribution in [0.4, 0.5) is 0 Å². The predicted molar refractivity (Wildman–Crippen MR) is 113 cm³/mol. The van der Waals surface area contributed by atoms with Crippen LogP contribution in [0, 0.1) is 17.2 Å². The third-order valence-corrected chi connectivity index (χ3v) is 5.59. The van der Waals surface area contributed by atoms with Gasteiger partial charge in [-0.3, -0.25) is 14.3 Å². The van der Waals surface area contributed by atoms with Crippen molar-refractivity contribution < 1.29 is 9.59 Å². The molecule has 3 aromatic rings. The van der Waals surface area contributed by atoms with Gasteiger partial charge in [0.05, 0.1) is 29.7 Å². The molecule has 0 aromatic carbocycles. The van der Waals surface area contributed by atoms with Gasteiger partial charge in [0.15, 0.2) is 5.65 Å². The van der Waals surface area contributed by atoms with Gasteiger partial charge in [0.2, 0.25) is 5.91 Å². The predicted octanol–water partition coefficient (Wildman–Crippen LogP) is 1.72. The van der Waals surface area contributed by atoms with E-state index in [1.165, 1.54) is 0 Å². The molecule has 1 atom stereocenters. The second-order valence-electron chi connectivity index (χ2n) is 7.66. The Morgan fingerprint density at radius 2 is 2.13 bits per heavy atom. The number of H-pyrrole nitrogens is 1. The van der Waals surface area contributed by atoms with Crippen molar-refractivity contribution in [3.05, 3.63) is 30.4 Å². The summed E-state index contributed by atoms with van der Waals surface area (Å²) in [5, 5.41) is 16.0. The van der Waals surface area contributed by atoms with E-state index in [1.54, 1.807) is 35.1 Å². The Bertz CT molecular complexity index is 1150. The van der Waals surface area contributed by atoms with Crippen LogP contribution in [0.3, 0.4) is 0 Å². The van der Waals surface area contributed by atoms with Crippen molar-refractivity contribution >= 4 is 23.0 Å². The van der Waals surface area contributed by atoms with Crippen LogP contribution < -0.4 is 5.32 Å². The van der Waals surface area contributed by atoms with Crippen molar-refractivity contribution in [2.45, 2.75) is 39.3 Å². The van der Waals surface area contributed by atoms with Crippen LogP contribution in [0.2, 0.25) is 0 Å². The number of amides is 2. The molecule has 0 unspecified atom stereocenters. The maximum atomic E-state index is 12.9. The molecule has 0 radical (unpaired) electrons. The summed E-state index contributed by atoms with van der Waals surface area (Å²) < 4.78 is 1.79. The number of carbonyl (C=O) groups excluding carboxylic acids is 2. The monoisotopic (exact) mass is 420 g/mol.